The number of hydrogen-bond acceptors (Lipinski definition) is 5. The maximum atomic E-state index is 13.5. The first kappa shape index (κ1) is 22.5. The lowest BCUT2D eigenvalue weighted by Gasteiger charge is -2.31. The van der Waals surface area contributed by atoms with Crippen LogP contribution in [0, 0.1) is 0 Å². The molecule has 1 atom stereocenters. The molecule has 2 aromatic carbocycles. The molecule has 4 rings (SSSR count). The molecule has 1 aliphatic heterocycles. The minimum atomic E-state index is -4.15. The summed E-state index contributed by atoms with van der Waals surface area (Å²) < 4.78 is 34.4. The number of nitrogens with one attached hydrogen (secondary N) is 2. The van der Waals surface area contributed by atoms with Crippen LogP contribution in [0.4, 0.5) is 0 Å². The molecule has 1 unspecified atom stereocenters. The number of halogens is 1. The number of morpholine rings is 1. The van der Waals surface area contributed by atoms with Crippen LogP contribution < -0.4 is 11.1 Å². The number of benzene rings is 2. The monoisotopic (exact) mass is 520 g/mol. The second kappa shape index (κ2) is 9.02. The van der Waals surface area contributed by atoms with Crippen molar-refractivity contribution in [3.05, 3.63) is 64.3 Å². The zero-order chi connectivity index (χ0) is 22.9. The lowest BCUT2D eigenvalue weighted by atomic mass is 10.2. The van der Waals surface area contributed by atoms with Crippen molar-refractivity contribution in [2.45, 2.75) is 17.5 Å². The Kier molecular flexibility index (Phi) is 6.33. The summed E-state index contributed by atoms with van der Waals surface area (Å²) in [5.41, 5.74) is 6.64. The van der Waals surface area contributed by atoms with Gasteiger partial charge in [0.2, 0.25) is 10.0 Å². The van der Waals surface area contributed by atoms with Crippen molar-refractivity contribution >= 4 is 48.7 Å². The summed E-state index contributed by atoms with van der Waals surface area (Å²) in [6, 6.07) is 14.3. The van der Waals surface area contributed by atoms with Crippen molar-refractivity contribution in [2.75, 3.05) is 19.7 Å². The van der Waals surface area contributed by atoms with Crippen LogP contribution in [0.1, 0.15) is 16.1 Å². The number of amides is 2. The minimum absolute atomic E-state index is 0.0423. The number of fused-ring (bicyclic) bond motifs is 1. The zero-order valence-corrected chi connectivity index (χ0v) is 19.3. The van der Waals surface area contributed by atoms with Gasteiger partial charge in [0, 0.05) is 35.0 Å². The molecule has 3 aromatic rings. The van der Waals surface area contributed by atoms with Crippen LogP contribution in [-0.2, 0) is 26.1 Å². The molecule has 0 saturated carbocycles. The molecule has 11 heteroatoms. The molecule has 2 amide bonds. The average Bonchev–Trinajstić information content (AvgIpc) is 3.18. The van der Waals surface area contributed by atoms with E-state index in [0.29, 0.717) is 21.9 Å². The van der Waals surface area contributed by atoms with E-state index in [0.717, 1.165) is 9.87 Å². The Bertz CT molecular complexity index is 1280. The third-order valence-electron chi connectivity index (χ3n) is 5.19. The molecule has 1 aliphatic rings. The standard InChI is InChI=1S/C21H21BrN4O5S/c22-14-6-7-16-15(10-14)19(18(25-16)20(23)27)32(29,30)26-8-9-31-17(12-26)21(28)24-11-13-4-2-1-3-5-13/h1-7,10,17,25H,8-9,11-12H2,(H2,23,27)(H,24,28). The largest absolute Gasteiger partial charge is 0.366 e. The quantitative estimate of drug-likeness (QED) is 0.454. The molecule has 1 aromatic heterocycles. The van der Waals surface area contributed by atoms with Crippen LogP contribution >= 0.6 is 15.9 Å². The summed E-state index contributed by atoms with van der Waals surface area (Å²) in [5, 5.41) is 3.11. The van der Waals surface area contributed by atoms with Crippen molar-refractivity contribution in [2.24, 2.45) is 5.73 Å². The highest BCUT2D eigenvalue weighted by Gasteiger charge is 2.37. The predicted molar refractivity (Wildman–Crippen MR) is 121 cm³/mol. The van der Waals surface area contributed by atoms with Crippen LogP contribution in [0.3, 0.4) is 0 Å². The van der Waals surface area contributed by atoms with Gasteiger partial charge in [0.05, 0.1) is 6.61 Å². The van der Waals surface area contributed by atoms with Gasteiger partial charge >= 0.3 is 0 Å². The SMILES string of the molecule is NC(=O)c1[nH]c2ccc(Br)cc2c1S(=O)(=O)N1CCOC(C(=O)NCc2ccccc2)C1. The predicted octanol–water partition coefficient (Wildman–Crippen LogP) is 1.74. The second-order valence-electron chi connectivity index (χ2n) is 7.31. The molecule has 0 bridgehead atoms. The number of aromatic amines is 1. The van der Waals surface area contributed by atoms with Gasteiger partial charge < -0.3 is 20.8 Å². The number of carbonyl (C=O) groups is 2. The highest BCUT2D eigenvalue weighted by atomic mass is 79.9. The van der Waals surface area contributed by atoms with Gasteiger partial charge in [-0.05, 0) is 23.8 Å². The topological polar surface area (TPSA) is 135 Å². The van der Waals surface area contributed by atoms with Crippen molar-refractivity contribution in [1.29, 1.82) is 0 Å². The highest BCUT2D eigenvalue weighted by molar-refractivity contribution is 9.10. The maximum absolute atomic E-state index is 13.5. The minimum Gasteiger partial charge on any atom is -0.366 e. The maximum Gasteiger partial charge on any atom is 0.266 e. The number of nitrogens with zero attached hydrogens (tertiary/aromatic N) is 1. The first-order valence-electron chi connectivity index (χ1n) is 9.82. The van der Waals surface area contributed by atoms with Gasteiger partial charge in [0.1, 0.15) is 16.7 Å². The Morgan fingerprint density at radius 2 is 1.97 bits per heavy atom. The van der Waals surface area contributed by atoms with E-state index in [9.17, 15) is 18.0 Å². The fourth-order valence-electron chi connectivity index (χ4n) is 3.61. The van der Waals surface area contributed by atoms with Crippen LogP contribution in [0.5, 0.6) is 0 Å². The zero-order valence-electron chi connectivity index (χ0n) is 16.9. The number of sulfonamides is 1. The molecule has 168 valence electrons. The molecule has 1 fully saturated rings. The van der Waals surface area contributed by atoms with Crippen molar-refractivity contribution in [3.8, 4) is 0 Å². The first-order valence-corrected chi connectivity index (χ1v) is 12.0. The number of aromatic nitrogens is 1. The molecule has 9 nitrogen and oxygen atoms in total. The van der Waals surface area contributed by atoms with Gasteiger partial charge in [-0.3, -0.25) is 9.59 Å². The Balaban J connectivity index is 1.59. The Hall–Kier alpha value is -2.73. The second-order valence-corrected chi connectivity index (χ2v) is 10.1. The number of primary amides is 1. The van der Waals surface area contributed by atoms with Crippen molar-refractivity contribution in [3.63, 3.8) is 0 Å². The number of H-pyrrole nitrogens is 1. The molecule has 4 N–H and O–H groups in total. The van der Waals surface area contributed by atoms with Gasteiger partial charge in [-0.2, -0.15) is 4.31 Å². The number of rotatable bonds is 6. The fraction of sp³-hybridized carbons (Fsp3) is 0.238. The Labute approximate surface area is 193 Å². The van der Waals surface area contributed by atoms with Gasteiger partial charge in [-0.15, -0.1) is 0 Å². The van der Waals surface area contributed by atoms with Crippen LogP contribution in [0.25, 0.3) is 10.9 Å². The summed E-state index contributed by atoms with van der Waals surface area (Å²) >= 11 is 3.33. The number of carbonyl (C=O) groups excluding carboxylic acids is 2. The average molecular weight is 521 g/mol. The molecule has 0 spiro atoms. The lowest BCUT2D eigenvalue weighted by Crippen LogP contribution is -2.51. The van der Waals surface area contributed by atoms with Crippen molar-refractivity contribution in [1.82, 2.24) is 14.6 Å². The van der Waals surface area contributed by atoms with Gasteiger partial charge in [0.15, 0.2) is 0 Å². The van der Waals surface area contributed by atoms with E-state index in [-0.39, 0.29) is 30.3 Å². The van der Waals surface area contributed by atoms with E-state index in [1.807, 2.05) is 30.3 Å². The molecule has 0 radical (unpaired) electrons. The summed E-state index contributed by atoms with van der Waals surface area (Å²) in [5.74, 6) is -1.30. The van der Waals surface area contributed by atoms with Gasteiger partial charge in [-0.25, -0.2) is 8.42 Å². The van der Waals surface area contributed by atoms with E-state index in [1.165, 1.54) is 0 Å². The first-order chi connectivity index (χ1) is 15.3. The summed E-state index contributed by atoms with van der Waals surface area (Å²) in [6.07, 6.45) is -0.976. The van der Waals surface area contributed by atoms with Crippen LogP contribution in [0.15, 0.2) is 57.9 Å². The Morgan fingerprint density at radius 3 is 2.69 bits per heavy atom. The van der Waals surface area contributed by atoms with Gasteiger partial charge in [0.25, 0.3) is 11.8 Å². The van der Waals surface area contributed by atoms with E-state index in [1.54, 1.807) is 18.2 Å². The van der Waals surface area contributed by atoms with Gasteiger partial charge in [-0.1, -0.05) is 46.3 Å². The fourth-order valence-corrected chi connectivity index (χ4v) is 5.73. The summed E-state index contributed by atoms with van der Waals surface area (Å²) in [4.78, 5) is 27.2. The summed E-state index contributed by atoms with van der Waals surface area (Å²) in [7, 11) is -4.15. The van der Waals surface area contributed by atoms with Crippen LogP contribution in [0.2, 0.25) is 0 Å². The smallest absolute Gasteiger partial charge is 0.266 e. The normalized spacial score (nSPS) is 17.3. The number of ether oxygens (including phenoxy) is 1. The third kappa shape index (κ3) is 4.42. The Morgan fingerprint density at radius 1 is 1.22 bits per heavy atom. The lowest BCUT2D eigenvalue weighted by molar-refractivity contribution is -0.136. The molecular weight excluding hydrogens is 500 g/mol. The van der Waals surface area contributed by atoms with Crippen molar-refractivity contribution < 1.29 is 22.7 Å². The number of hydrogen-bond donors (Lipinski definition) is 3. The van der Waals surface area contributed by atoms with E-state index in [2.05, 4.69) is 26.2 Å². The van der Waals surface area contributed by atoms with E-state index >= 15 is 0 Å². The molecular formula is C21H21BrN4O5S. The molecule has 32 heavy (non-hydrogen) atoms. The summed E-state index contributed by atoms with van der Waals surface area (Å²) in [6.45, 7) is 0.209. The van der Waals surface area contributed by atoms with Crippen LogP contribution in [-0.4, -0.2) is 55.3 Å². The van der Waals surface area contributed by atoms with E-state index in [4.69, 9.17) is 10.5 Å². The highest BCUT2D eigenvalue weighted by Crippen LogP contribution is 2.32. The molecule has 0 aliphatic carbocycles. The molecule has 1 saturated heterocycles. The molecule has 2 heterocycles. The third-order valence-corrected chi connectivity index (χ3v) is 7.63. The van der Waals surface area contributed by atoms with E-state index < -0.39 is 27.9 Å². The number of nitrogens with two attached hydrogens (primary N) is 1.